The van der Waals surface area contributed by atoms with Crippen LogP contribution in [0.2, 0.25) is 0 Å². The van der Waals surface area contributed by atoms with Crippen molar-refractivity contribution in [3.8, 4) is 22.9 Å². The number of rotatable bonds is 5. The third-order valence-electron chi connectivity index (χ3n) is 3.83. The predicted molar refractivity (Wildman–Crippen MR) is 115 cm³/mol. The van der Waals surface area contributed by atoms with Gasteiger partial charge in [-0.2, -0.15) is 0 Å². The zero-order valence-electron chi connectivity index (χ0n) is 15.6. The molecule has 3 N–H and O–H groups in total. The Bertz CT molecular complexity index is 939. The molecule has 0 fully saturated rings. The first kappa shape index (κ1) is 22.6. The average Bonchev–Trinajstić information content (AvgIpc) is 3.03. The second-order valence-electron chi connectivity index (χ2n) is 6.00. The number of benzene rings is 2. The van der Waals surface area contributed by atoms with Crippen LogP contribution in [0.1, 0.15) is 19.4 Å². The van der Waals surface area contributed by atoms with E-state index in [1.54, 1.807) is 14.2 Å². The minimum absolute atomic E-state index is 0. The Morgan fingerprint density at radius 3 is 2.37 bits per heavy atom. The molecule has 0 saturated heterocycles. The molecular weight excluding hydrogens is 387 g/mol. The van der Waals surface area contributed by atoms with Crippen LogP contribution >= 0.6 is 24.8 Å². The zero-order valence-corrected chi connectivity index (χ0v) is 17.3. The van der Waals surface area contributed by atoms with Gasteiger partial charge in [0.15, 0.2) is 11.5 Å². The largest absolute Gasteiger partial charge is 0.493 e. The summed E-state index contributed by atoms with van der Waals surface area (Å²) in [5.41, 5.74) is 9.63. The van der Waals surface area contributed by atoms with E-state index in [9.17, 15) is 0 Å². The number of aromatic nitrogens is 2. The highest BCUT2D eigenvalue weighted by Gasteiger charge is 2.11. The number of aliphatic imine (C=N–C) groups is 1. The van der Waals surface area contributed by atoms with Gasteiger partial charge in [0.25, 0.3) is 0 Å². The van der Waals surface area contributed by atoms with Gasteiger partial charge < -0.3 is 20.2 Å². The van der Waals surface area contributed by atoms with Gasteiger partial charge in [0, 0.05) is 17.2 Å². The van der Waals surface area contributed by atoms with Crippen LogP contribution in [0.3, 0.4) is 0 Å². The molecule has 0 amide bonds. The summed E-state index contributed by atoms with van der Waals surface area (Å²) < 4.78 is 10.6. The van der Waals surface area contributed by atoms with E-state index in [-0.39, 0.29) is 30.9 Å². The quantitative estimate of drug-likeness (QED) is 0.487. The summed E-state index contributed by atoms with van der Waals surface area (Å²) in [4.78, 5) is 12.4. The fourth-order valence-electron chi connectivity index (χ4n) is 2.64. The van der Waals surface area contributed by atoms with Crippen LogP contribution in [0.4, 0.5) is 0 Å². The maximum atomic E-state index is 6.06. The second kappa shape index (κ2) is 9.48. The monoisotopic (exact) mass is 410 g/mol. The normalized spacial score (nSPS) is 11.1. The molecule has 3 rings (SSSR count). The molecule has 0 atom stereocenters. The van der Waals surface area contributed by atoms with Crippen LogP contribution in [0.25, 0.3) is 22.4 Å². The number of nitrogens with one attached hydrogen (secondary N) is 1. The van der Waals surface area contributed by atoms with E-state index in [0.29, 0.717) is 17.3 Å². The Morgan fingerprint density at radius 1 is 1.04 bits per heavy atom. The first-order valence-electron chi connectivity index (χ1n) is 8.07. The summed E-state index contributed by atoms with van der Waals surface area (Å²) >= 11 is 0. The number of ether oxygens (including phenoxy) is 2. The van der Waals surface area contributed by atoms with E-state index in [1.165, 1.54) is 0 Å². The number of amidine groups is 1. The molecular formula is C19H24Cl2N4O2. The van der Waals surface area contributed by atoms with Gasteiger partial charge in [-0.3, -0.25) is 4.99 Å². The molecule has 0 aliphatic heterocycles. The lowest BCUT2D eigenvalue weighted by Gasteiger charge is -2.08. The summed E-state index contributed by atoms with van der Waals surface area (Å²) in [6.07, 6.45) is 0. The highest BCUT2D eigenvalue weighted by Crippen LogP contribution is 2.32. The van der Waals surface area contributed by atoms with E-state index in [4.69, 9.17) is 15.2 Å². The lowest BCUT2D eigenvalue weighted by molar-refractivity contribution is 0.355. The lowest BCUT2D eigenvalue weighted by Crippen LogP contribution is -2.15. The fourth-order valence-corrected chi connectivity index (χ4v) is 2.64. The van der Waals surface area contributed by atoms with Crippen LogP contribution in [0.15, 0.2) is 41.4 Å². The highest BCUT2D eigenvalue weighted by atomic mass is 35.5. The zero-order chi connectivity index (χ0) is 18.0. The van der Waals surface area contributed by atoms with Gasteiger partial charge >= 0.3 is 0 Å². The average molecular weight is 411 g/mol. The Morgan fingerprint density at radius 2 is 1.74 bits per heavy atom. The van der Waals surface area contributed by atoms with Crippen molar-refractivity contribution in [2.24, 2.45) is 10.7 Å². The summed E-state index contributed by atoms with van der Waals surface area (Å²) in [6.45, 7) is 3.99. The minimum Gasteiger partial charge on any atom is -0.493 e. The molecule has 146 valence electrons. The number of methoxy groups -OCH3 is 2. The summed E-state index contributed by atoms with van der Waals surface area (Å²) in [6, 6.07) is 11.7. The van der Waals surface area contributed by atoms with Crippen molar-refractivity contribution in [3.05, 3.63) is 42.0 Å². The van der Waals surface area contributed by atoms with Crippen LogP contribution in [-0.4, -0.2) is 36.1 Å². The van der Waals surface area contributed by atoms with Crippen LogP contribution in [0.5, 0.6) is 11.5 Å². The number of fused-ring (bicyclic) bond motifs is 1. The van der Waals surface area contributed by atoms with Crippen LogP contribution < -0.4 is 15.2 Å². The molecule has 0 unspecified atom stereocenters. The Balaban J connectivity index is 0.00000182. The van der Waals surface area contributed by atoms with Gasteiger partial charge in [0.1, 0.15) is 11.7 Å². The van der Waals surface area contributed by atoms with Crippen molar-refractivity contribution in [2.45, 2.75) is 19.9 Å². The van der Waals surface area contributed by atoms with Crippen molar-refractivity contribution in [2.75, 3.05) is 14.2 Å². The van der Waals surface area contributed by atoms with Gasteiger partial charge in [-0.25, -0.2) is 4.98 Å². The number of H-pyrrole nitrogens is 1. The number of halogens is 2. The molecule has 0 saturated carbocycles. The van der Waals surface area contributed by atoms with Gasteiger partial charge in [0.2, 0.25) is 0 Å². The molecule has 0 aliphatic rings. The summed E-state index contributed by atoms with van der Waals surface area (Å²) in [5, 5.41) is 0. The number of hydrogen-bond donors (Lipinski definition) is 2. The van der Waals surface area contributed by atoms with Crippen LogP contribution in [0, 0.1) is 0 Å². The molecule has 2 aromatic carbocycles. The van der Waals surface area contributed by atoms with Crippen molar-refractivity contribution in [1.29, 1.82) is 0 Å². The fraction of sp³-hybridized carbons (Fsp3) is 0.263. The van der Waals surface area contributed by atoms with Crippen molar-refractivity contribution in [1.82, 2.24) is 9.97 Å². The van der Waals surface area contributed by atoms with Crippen molar-refractivity contribution >= 4 is 41.7 Å². The molecule has 0 aliphatic carbocycles. The molecule has 0 radical (unpaired) electrons. The van der Waals surface area contributed by atoms with Crippen molar-refractivity contribution < 1.29 is 9.47 Å². The third-order valence-corrected chi connectivity index (χ3v) is 3.83. The Labute approximate surface area is 171 Å². The third kappa shape index (κ3) is 4.84. The molecule has 6 nitrogen and oxygen atoms in total. The number of hydrogen-bond acceptors (Lipinski definition) is 4. The number of aromatic amines is 1. The second-order valence-corrected chi connectivity index (χ2v) is 6.00. The Hall–Kier alpha value is -2.44. The topological polar surface area (TPSA) is 85.5 Å². The molecule has 3 aromatic rings. The summed E-state index contributed by atoms with van der Waals surface area (Å²) in [5.74, 6) is 2.63. The molecule has 8 heteroatoms. The molecule has 27 heavy (non-hydrogen) atoms. The minimum atomic E-state index is 0. The number of imidazole rings is 1. The number of nitrogens with zero attached hydrogens (tertiary/aromatic N) is 2. The van der Waals surface area contributed by atoms with E-state index in [1.807, 2.05) is 50.2 Å². The van der Waals surface area contributed by atoms with Gasteiger partial charge in [-0.15, -0.1) is 24.8 Å². The Kier molecular flexibility index (Phi) is 7.94. The number of nitrogens with two attached hydrogens (primary N) is 1. The maximum Gasteiger partial charge on any atom is 0.161 e. The predicted octanol–water partition coefficient (Wildman–Crippen LogP) is 4.20. The summed E-state index contributed by atoms with van der Waals surface area (Å²) in [7, 11) is 3.23. The maximum absolute atomic E-state index is 6.06. The van der Waals surface area contributed by atoms with E-state index in [0.717, 1.165) is 28.0 Å². The smallest absolute Gasteiger partial charge is 0.161 e. The molecule has 0 bridgehead atoms. The standard InChI is InChI=1S/C19H22N4O2.2ClH/c1-11(2)21-18(20)12-5-7-14-15(9-12)23-19(22-14)13-6-8-16(24-3)17(10-13)25-4;;/h5-11H,1-4H3,(H2,20,21)(H,22,23);2*1H. The van der Waals surface area contributed by atoms with Crippen molar-refractivity contribution in [3.63, 3.8) is 0 Å². The SMILES string of the molecule is COc1ccc(-c2nc3ccc(C(N)=NC(C)C)cc3[nH]2)cc1OC.Cl.Cl. The van der Waals surface area contributed by atoms with Gasteiger partial charge in [-0.1, -0.05) is 0 Å². The lowest BCUT2D eigenvalue weighted by atomic mass is 10.2. The highest BCUT2D eigenvalue weighted by molar-refractivity contribution is 6.00. The molecule has 1 aromatic heterocycles. The first-order chi connectivity index (χ1) is 12.0. The van der Waals surface area contributed by atoms with E-state index >= 15 is 0 Å². The first-order valence-corrected chi connectivity index (χ1v) is 8.07. The van der Waals surface area contributed by atoms with Gasteiger partial charge in [-0.05, 0) is 50.2 Å². The van der Waals surface area contributed by atoms with E-state index < -0.39 is 0 Å². The van der Waals surface area contributed by atoms with E-state index in [2.05, 4.69) is 15.0 Å². The van der Waals surface area contributed by atoms with Gasteiger partial charge in [0.05, 0.1) is 25.3 Å². The molecule has 1 heterocycles. The van der Waals surface area contributed by atoms with Crippen LogP contribution in [-0.2, 0) is 0 Å². The molecule has 0 spiro atoms.